The van der Waals surface area contributed by atoms with E-state index in [-0.39, 0.29) is 11.5 Å². The number of aryl methyl sites for hydroxylation is 1. The summed E-state index contributed by atoms with van der Waals surface area (Å²) in [6.45, 7) is 0.544. The Morgan fingerprint density at radius 3 is 2.47 bits per heavy atom. The number of rotatable bonds is 3. The lowest BCUT2D eigenvalue weighted by molar-refractivity contribution is 0.0784. The van der Waals surface area contributed by atoms with Crippen molar-refractivity contribution in [2.24, 2.45) is 7.05 Å². The fraction of sp³-hybridized carbons (Fsp3) is 0.200. The smallest absolute Gasteiger partial charge is 0.255 e. The molecule has 4 nitrogen and oxygen atoms in total. The molecule has 0 atom stereocenters. The minimum absolute atomic E-state index is 0.0977. The lowest BCUT2D eigenvalue weighted by Crippen LogP contribution is -2.27. The molecule has 0 bridgehead atoms. The predicted molar refractivity (Wildman–Crippen MR) is 73.9 cm³/mol. The van der Waals surface area contributed by atoms with Crippen LogP contribution in [-0.2, 0) is 13.6 Å². The summed E-state index contributed by atoms with van der Waals surface area (Å²) >= 11 is 0. The molecule has 1 amide bonds. The molecule has 0 aliphatic rings. The zero-order chi connectivity index (χ0) is 13.8. The zero-order valence-electron chi connectivity index (χ0n) is 11.0. The van der Waals surface area contributed by atoms with E-state index in [0.29, 0.717) is 12.1 Å². The fourth-order valence-electron chi connectivity index (χ4n) is 1.87. The van der Waals surface area contributed by atoms with Crippen LogP contribution < -0.4 is 5.56 Å². The monoisotopic (exact) mass is 256 g/mol. The van der Waals surface area contributed by atoms with Gasteiger partial charge < -0.3 is 9.47 Å². The molecular formula is C15H16N2O2. The quantitative estimate of drug-likeness (QED) is 0.838. The summed E-state index contributed by atoms with van der Waals surface area (Å²) in [4.78, 5) is 25.1. The van der Waals surface area contributed by atoms with Gasteiger partial charge in [-0.2, -0.15) is 0 Å². The van der Waals surface area contributed by atoms with Crippen LogP contribution in [0.1, 0.15) is 15.9 Å². The molecule has 0 aliphatic carbocycles. The maximum atomic E-state index is 12.2. The summed E-state index contributed by atoms with van der Waals surface area (Å²) in [6.07, 6.45) is 1.56. The van der Waals surface area contributed by atoms with Gasteiger partial charge >= 0.3 is 0 Å². The second-order valence-electron chi connectivity index (χ2n) is 4.51. The van der Waals surface area contributed by atoms with Gasteiger partial charge in [-0.25, -0.2) is 0 Å². The highest BCUT2D eigenvalue weighted by molar-refractivity contribution is 5.93. The number of amides is 1. The van der Waals surface area contributed by atoms with Crippen molar-refractivity contribution in [1.29, 1.82) is 0 Å². The van der Waals surface area contributed by atoms with Crippen LogP contribution in [0.15, 0.2) is 53.5 Å². The first-order chi connectivity index (χ1) is 9.08. The topological polar surface area (TPSA) is 42.3 Å². The molecular weight excluding hydrogens is 240 g/mol. The van der Waals surface area contributed by atoms with E-state index in [2.05, 4.69) is 0 Å². The van der Waals surface area contributed by atoms with E-state index >= 15 is 0 Å². The number of hydrogen-bond donors (Lipinski definition) is 0. The van der Waals surface area contributed by atoms with E-state index in [0.717, 1.165) is 5.56 Å². The van der Waals surface area contributed by atoms with Crippen molar-refractivity contribution < 1.29 is 4.79 Å². The van der Waals surface area contributed by atoms with Crippen LogP contribution in [0.25, 0.3) is 0 Å². The molecule has 0 unspecified atom stereocenters. The van der Waals surface area contributed by atoms with Crippen molar-refractivity contribution in [2.45, 2.75) is 6.54 Å². The van der Waals surface area contributed by atoms with Gasteiger partial charge in [0, 0.05) is 32.9 Å². The minimum Gasteiger partial charge on any atom is -0.337 e. The first-order valence-electron chi connectivity index (χ1n) is 6.04. The molecule has 0 saturated carbocycles. The molecule has 4 heteroatoms. The number of hydrogen-bond acceptors (Lipinski definition) is 2. The highest BCUT2D eigenvalue weighted by Gasteiger charge is 2.12. The highest BCUT2D eigenvalue weighted by atomic mass is 16.2. The summed E-state index contributed by atoms with van der Waals surface area (Å²) in [5.41, 5.74) is 1.46. The van der Waals surface area contributed by atoms with Crippen LogP contribution in [0.2, 0.25) is 0 Å². The van der Waals surface area contributed by atoms with Gasteiger partial charge in [0.1, 0.15) is 0 Å². The summed E-state index contributed by atoms with van der Waals surface area (Å²) in [7, 11) is 3.39. The molecule has 1 aromatic carbocycles. The van der Waals surface area contributed by atoms with E-state index in [1.54, 1.807) is 31.3 Å². The average molecular weight is 256 g/mol. The molecule has 1 aromatic heterocycles. The van der Waals surface area contributed by atoms with E-state index in [9.17, 15) is 9.59 Å². The summed E-state index contributed by atoms with van der Waals surface area (Å²) in [5, 5.41) is 0. The van der Waals surface area contributed by atoms with Crippen LogP contribution in [0.4, 0.5) is 0 Å². The molecule has 0 spiro atoms. The van der Waals surface area contributed by atoms with E-state index in [4.69, 9.17) is 0 Å². The molecule has 0 aliphatic heterocycles. The van der Waals surface area contributed by atoms with Gasteiger partial charge in [-0.15, -0.1) is 0 Å². The van der Waals surface area contributed by atoms with Gasteiger partial charge in [-0.05, 0) is 11.6 Å². The van der Waals surface area contributed by atoms with Gasteiger partial charge in [0.2, 0.25) is 5.56 Å². The minimum atomic E-state index is -0.123. The van der Waals surface area contributed by atoms with E-state index in [1.165, 1.54) is 10.6 Å². The van der Waals surface area contributed by atoms with Crippen molar-refractivity contribution in [3.05, 3.63) is 70.1 Å². The molecule has 2 aromatic rings. The Hall–Kier alpha value is -2.36. The molecule has 0 radical (unpaired) electrons. The van der Waals surface area contributed by atoms with Gasteiger partial charge in [0.25, 0.3) is 5.91 Å². The summed E-state index contributed by atoms with van der Waals surface area (Å²) in [6, 6.07) is 12.8. The first-order valence-corrected chi connectivity index (χ1v) is 6.04. The third-order valence-corrected chi connectivity index (χ3v) is 2.94. The molecule has 98 valence electrons. The van der Waals surface area contributed by atoms with Crippen molar-refractivity contribution in [3.8, 4) is 0 Å². The van der Waals surface area contributed by atoms with E-state index < -0.39 is 0 Å². The van der Waals surface area contributed by atoms with Gasteiger partial charge in [0.15, 0.2) is 0 Å². The fourth-order valence-corrected chi connectivity index (χ4v) is 1.87. The molecule has 1 heterocycles. The second-order valence-corrected chi connectivity index (χ2v) is 4.51. The lowest BCUT2D eigenvalue weighted by atomic mass is 10.2. The predicted octanol–water partition coefficient (Wildman–Crippen LogP) is 1.66. The third-order valence-electron chi connectivity index (χ3n) is 2.94. The summed E-state index contributed by atoms with van der Waals surface area (Å²) in [5.74, 6) is -0.0977. The Morgan fingerprint density at radius 2 is 1.84 bits per heavy atom. The summed E-state index contributed by atoms with van der Waals surface area (Å²) < 4.78 is 1.41. The average Bonchev–Trinajstić information content (AvgIpc) is 2.42. The van der Waals surface area contributed by atoms with Gasteiger partial charge in [0.05, 0.1) is 5.56 Å². The molecule has 19 heavy (non-hydrogen) atoms. The maximum absolute atomic E-state index is 12.2. The van der Waals surface area contributed by atoms with Crippen molar-refractivity contribution >= 4 is 5.91 Å². The second kappa shape index (κ2) is 5.52. The lowest BCUT2D eigenvalue weighted by Gasteiger charge is -2.17. The molecule has 2 rings (SSSR count). The number of pyridine rings is 1. The van der Waals surface area contributed by atoms with Crippen LogP contribution in [0.5, 0.6) is 0 Å². The standard InChI is InChI=1S/C15H16N2O2/c1-16-11-13(8-9-14(16)18)15(19)17(2)10-12-6-4-3-5-7-12/h3-9,11H,10H2,1-2H3. The molecule has 0 fully saturated rings. The Balaban J connectivity index is 2.15. The number of nitrogens with zero attached hydrogens (tertiary/aromatic N) is 2. The zero-order valence-corrected chi connectivity index (χ0v) is 11.0. The van der Waals surface area contributed by atoms with E-state index in [1.807, 2.05) is 30.3 Å². The van der Waals surface area contributed by atoms with Crippen LogP contribution in [0, 0.1) is 0 Å². The Morgan fingerprint density at radius 1 is 1.16 bits per heavy atom. The number of carbonyl (C=O) groups excluding carboxylic acids is 1. The third kappa shape index (κ3) is 3.10. The highest BCUT2D eigenvalue weighted by Crippen LogP contribution is 2.07. The number of carbonyl (C=O) groups is 1. The normalized spacial score (nSPS) is 10.2. The van der Waals surface area contributed by atoms with Gasteiger partial charge in [-0.3, -0.25) is 9.59 Å². The Labute approximate surface area is 111 Å². The van der Waals surface area contributed by atoms with Gasteiger partial charge in [-0.1, -0.05) is 30.3 Å². The molecule has 0 N–H and O–H groups in total. The van der Waals surface area contributed by atoms with Crippen LogP contribution in [-0.4, -0.2) is 22.4 Å². The van der Waals surface area contributed by atoms with Crippen molar-refractivity contribution in [3.63, 3.8) is 0 Å². The number of benzene rings is 1. The largest absolute Gasteiger partial charge is 0.337 e. The Bertz CT molecular complexity index is 632. The number of aromatic nitrogens is 1. The molecule has 0 saturated heterocycles. The first kappa shape index (κ1) is 13.1. The van der Waals surface area contributed by atoms with Crippen molar-refractivity contribution in [1.82, 2.24) is 9.47 Å². The Kier molecular flexibility index (Phi) is 3.80. The van der Waals surface area contributed by atoms with Crippen LogP contribution >= 0.6 is 0 Å². The van der Waals surface area contributed by atoms with Crippen molar-refractivity contribution in [2.75, 3.05) is 7.05 Å². The maximum Gasteiger partial charge on any atom is 0.255 e. The van der Waals surface area contributed by atoms with Crippen LogP contribution in [0.3, 0.4) is 0 Å². The SMILES string of the molecule is CN(Cc1ccccc1)C(=O)c1ccc(=O)n(C)c1.